The van der Waals surface area contributed by atoms with Crippen LogP contribution in [-0.2, 0) is 28.8 Å². The largest absolute Gasteiger partial charge is 0 e. The number of hydrogen-bond donors (Lipinski definition) is 6. The molecule has 0 aromatic heterocycles. The molecule has 0 aliphatic rings. The minimum atomic E-state index is -0.907. The van der Waals surface area contributed by atoms with Gasteiger partial charge < -0.3 is 0 Å². The van der Waals surface area contributed by atoms with Gasteiger partial charge >= 0.3 is 155 Å². The summed E-state index contributed by atoms with van der Waals surface area (Å²) < 4.78 is 14.3. The minimum absolute atomic E-state index is 0. The third-order valence-electron chi connectivity index (χ3n) is 0.704. The van der Waals surface area contributed by atoms with Gasteiger partial charge in [-0.3, -0.25) is 0 Å². The third-order valence-corrected chi connectivity index (χ3v) is 4.72. The van der Waals surface area contributed by atoms with E-state index >= 15 is 0 Å². The van der Waals surface area contributed by atoms with Gasteiger partial charge in [-0.15, -0.1) is 0 Å². The SMILES string of the molecule is O=C[NH][Sb][NH]C=O.O=C[NH][Sb][NH]C=O.O=C[NH][Sb][NH]C=O.[Sb]. The van der Waals surface area contributed by atoms with E-state index in [4.69, 9.17) is 0 Å². The molecule has 0 saturated carbocycles. The monoisotopic (exact) mass is 748 g/mol. The van der Waals surface area contributed by atoms with E-state index in [9.17, 15) is 28.8 Å². The first kappa shape index (κ1) is 30.0. The fraction of sp³-hybridized carbons (Fsp3) is 0. The zero-order valence-corrected chi connectivity index (χ0v) is 20.9. The molecule has 12 nitrogen and oxygen atoms in total. The van der Waals surface area contributed by atoms with Crippen LogP contribution in [0.15, 0.2) is 0 Å². The molecule has 6 amide bonds. The van der Waals surface area contributed by atoms with Crippen molar-refractivity contribution in [3.05, 3.63) is 0 Å². The normalized spacial score (nSPS) is 6.55. The van der Waals surface area contributed by atoms with Gasteiger partial charge in [0.2, 0.25) is 0 Å². The Balaban J connectivity index is -0.000000108. The molecule has 0 aliphatic carbocycles. The van der Waals surface area contributed by atoms with Crippen molar-refractivity contribution in [2.24, 2.45) is 0 Å². The maximum absolute atomic E-state index is 9.45. The van der Waals surface area contributed by atoms with Crippen LogP contribution in [0.25, 0.3) is 0 Å². The molecule has 0 heterocycles. The van der Waals surface area contributed by atoms with Gasteiger partial charge in [0.1, 0.15) is 0 Å². The molecule has 0 saturated heterocycles. The predicted octanol–water partition coefficient (Wildman–Crippen LogP) is -6.34. The maximum atomic E-state index is 9.45. The molecule has 16 heteroatoms. The summed E-state index contributed by atoms with van der Waals surface area (Å²) in [6.07, 6.45) is 3.46. The Bertz CT molecular complexity index is 222. The summed E-state index contributed by atoms with van der Waals surface area (Å²) in [5.41, 5.74) is 0. The first-order chi connectivity index (χ1) is 10.2. The van der Waals surface area contributed by atoms with E-state index in [1.807, 2.05) is 0 Å². The Labute approximate surface area is 177 Å². The molecule has 6 N–H and O–H groups in total. The Morgan fingerprint density at radius 3 is 0.636 bits per heavy atom. The summed E-state index contributed by atoms with van der Waals surface area (Å²) in [6, 6.07) is 0. The van der Waals surface area contributed by atoms with Crippen LogP contribution in [0.5, 0.6) is 0 Å². The van der Waals surface area contributed by atoms with Crippen molar-refractivity contribution in [2.75, 3.05) is 0 Å². The van der Waals surface area contributed by atoms with E-state index in [0.717, 1.165) is 0 Å². The molecule has 0 atom stereocenters. The molecule has 0 unspecified atom stereocenters. The van der Waals surface area contributed by atoms with Crippen LogP contribution in [-0.4, -0.2) is 129 Å². The average molecular weight is 751 g/mol. The van der Waals surface area contributed by atoms with E-state index in [2.05, 4.69) is 20.9 Å². The molecular weight excluding hydrogens is 739 g/mol. The van der Waals surface area contributed by atoms with Crippen molar-refractivity contribution in [3.63, 3.8) is 0 Å². The van der Waals surface area contributed by atoms with Crippen molar-refractivity contribution < 1.29 is 28.8 Å². The number of carbonyl (C=O) groups excluding carboxylic acids is 6. The zero-order valence-electron chi connectivity index (χ0n) is 10.7. The quantitative estimate of drug-likeness (QED) is 0.0658. The first-order valence-electron chi connectivity index (χ1n) is 4.49. The van der Waals surface area contributed by atoms with E-state index in [1.165, 1.54) is 0 Å². The van der Waals surface area contributed by atoms with E-state index < -0.39 is 66.5 Å². The van der Waals surface area contributed by atoms with Crippen LogP contribution >= 0.6 is 0 Å². The molecule has 122 valence electrons. The van der Waals surface area contributed by atoms with Gasteiger partial charge in [-0.05, 0) is 0 Å². The van der Waals surface area contributed by atoms with Crippen molar-refractivity contribution >= 4 is 129 Å². The van der Waals surface area contributed by atoms with Gasteiger partial charge in [-0.25, -0.2) is 0 Å². The summed E-state index contributed by atoms with van der Waals surface area (Å²) >= 11 is -2.72. The van der Waals surface area contributed by atoms with Gasteiger partial charge in [0.15, 0.2) is 0 Å². The molecule has 0 aliphatic heterocycles. The second-order valence-corrected chi connectivity index (χ2v) is 8.15. The first-order valence-corrected chi connectivity index (χ1v) is 12.1. The molecular formula is C6H12N6O6Sb4. The summed E-state index contributed by atoms with van der Waals surface area (Å²) in [6.45, 7) is 0. The fourth-order valence-corrected chi connectivity index (χ4v) is 1.81. The summed E-state index contributed by atoms with van der Waals surface area (Å²) in [5.74, 6) is 0. The molecule has 0 rings (SSSR count). The number of nitrogens with one attached hydrogen (secondary N) is 6. The summed E-state index contributed by atoms with van der Waals surface area (Å²) in [7, 11) is 0. The van der Waals surface area contributed by atoms with Gasteiger partial charge in [0, 0.05) is 24.4 Å². The van der Waals surface area contributed by atoms with Crippen molar-refractivity contribution in [2.45, 2.75) is 0 Å². The molecule has 6 radical (unpaired) electrons. The molecule has 0 bridgehead atoms. The Morgan fingerprint density at radius 2 is 0.545 bits per heavy atom. The number of rotatable bonds is 12. The van der Waals surface area contributed by atoms with Crippen LogP contribution < -0.4 is 20.9 Å². The van der Waals surface area contributed by atoms with Crippen LogP contribution in [0.3, 0.4) is 0 Å². The maximum Gasteiger partial charge on any atom is 0 e. The average Bonchev–Trinajstić information content (AvgIpc) is 2.50. The molecule has 22 heavy (non-hydrogen) atoms. The molecule has 0 aromatic carbocycles. The number of carbonyl (C=O) groups is 6. The Morgan fingerprint density at radius 1 is 0.409 bits per heavy atom. The third kappa shape index (κ3) is 50.1. The smallest absolute Gasteiger partial charge is 0 e. The predicted molar refractivity (Wildman–Crippen MR) is 78.2 cm³/mol. The van der Waals surface area contributed by atoms with Gasteiger partial charge in [0.05, 0.1) is 0 Å². The van der Waals surface area contributed by atoms with E-state index in [0.29, 0.717) is 38.5 Å². The van der Waals surface area contributed by atoms with Crippen LogP contribution in [0.1, 0.15) is 0 Å². The van der Waals surface area contributed by atoms with Crippen LogP contribution in [0.2, 0.25) is 0 Å². The van der Waals surface area contributed by atoms with Crippen LogP contribution in [0.4, 0.5) is 0 Å². The van der Waals surface area contributed by atoms with Crippen molar-refractivity contribution in [1.82, 2.24) is 20.9 Å². The standard InChI is InChI=1S/6CH3NO.4Sb/c6*2-1-3;;;;/h6*1H,(H2,2,3);;;;/q;;;;;;;3*+2/p-6. The van der Waals surface area contributed by atoms with Gasteiger partial charge in [-0.1, -0.05) is 0 Å². The van der Waals surface area contributed by atoms with E-state index in [-0.39, 0.29) is 24.4 Å². The van der Waals surface area contributed by atoms with Gasteiger partial charge in [0.25, 0.3) is 0 Å². The number of amides is 6. The summed E-state index contributed by atoms with van der Waals surface area (Å²) in [4.78, 5) is 56.7. The van der Waals surface area contributed by atoms with Crippen molar-refractivity contribution in [1.29, 1.82) is 0 Å². The van der Waals surface area contributed by atoms with Crippen LogP contribution in [0, 0.1) is 0 Å². The minimum Gasteiger partial charge on any atom is 0 e. The molecule has 0 aromatic rings. The van der Waals surface area contributed by atoms with E-state index in [1.54, 1.807) is 0 Å². The number of hydrogen-bond acceptors (Lipinski definition) is 6. The topological polar surface area (TPSA) is 175 Å². The van der Waals surface area contributed by atoms with Gasteiger partial charge in [-0.2, -0.15) is 0 Å². The molecule has 0 spiro atoms. The Hall–Kier alpha value is 0.0927. The second kappa shape index (κ2) is 37.4. The fourth-order valence-electron chi connectivity index (χ4n) is 0.270. The zero-order chi connectivity index (χ0) is 16.6. The second-order valence-electron chi connectivity index (χ2n) is 1.82. The van der Waals surface area contributed by atoms with Crippen molar-refractivity contribution in [3.8, 4) is 0 Å². The Kier molecular flexibility index (Phi) is 51.0. The molecule has 0 fully saturated rings. The summed E-state index contributed by atoms with van der Waals surface area (Å²) in [5, 5.41) is 0.